The van der Waals surface area contributed by atoms with Gasteiger partial charge in [-0.15, -0.1) is 11.6 Å². The topological polar surface area (TPSA) is 17.1 Å². The van der Waals surface area contributed by atoms with Crippen molar-refractivity contribution in [1.29, 1.82) is 0 Å². The highest BCUT2D eigenvalue weighted by atomic mass is 35.5. The number of Topliss-reactive ketones (excluding diaryl/α,β-unsaturated/α-hetero) is 1. The van der Waals surface area contributed by atoms with Gasteiger partial charge in [-0.05, 0) is 18.4 Å². The van der Waals surface area contributed by atoms with E-state index in [1.165, 1.54) is 0 Å². The molecule has 1 saturated carbocycles. The summed E-state index contributed by atoms with van der Waals surface area (Å²) in [6.45, 7) is 0. The fourth-order valence-corrected chi connectivity index (χ4v) is 1.67. The van der Waals surface area contributed by atoms with Crippen molar-refractivity contribution < 1.29 is 9.18 Å². The van der Waals surface area contributed by atoms with Gasteiger partial charge in [0.2, 0.25) is 0 Å². The van der Waals surface area contributed by atoms with E-state index in [9.17, 15) is 9.18 Å². The van der Waals surface area contributed by atoms with Crippen LogP contribution in [0.2, 0.25) is 0 Å². The first-order valence-electron chi connectivity index (χ1n) is 4.55. The maximum absolute atomic E-state index is 13.5. The Balaban J connectivity index is 2.35. The normalized spacial score (nSPS) is 17.9. The van der Waals surface area contributed by atoms with Gasteiger partial charge in [0.25, 0.3) is 0 Å². The molecule has 1 aromatic carbocycles. The van der Waals surface area contributed by atoms with Crippen LogP contribution in [0.3, 0.4) is 0 Å². The maximum Gasteiger partial charge on any atom is 0.200 e. The molecular weight excluding hydrogens is 203 g/mol. The van der Waals surface area contributed by atoms with Crippen LogP contribution in [0.1, 0.15) is 28.8 Å². The predicted octanol–water partition coefficient (Wildman–Crippen LogP) is 3.11. The van der Waals surface area contributed by atoms with Crippen LogP contribution in [0.5, 0.6) is 0 Å². The van der Waals surface area contributed by atoms with Crippen LogP contribution >= 0.6 is 11.6 Å². The Labute approximate surface area is 86.9 Å². The fourth-order valence-electron chi connectivity index (χ4n) is 1.44. The predicted molar refractivity (Wildman–Crippen MR) is 53.4 cm³/mol. The second kappa shape index (κ2) is 3.35. The van der Waals surface area contributed by atoms with Gasteiger partial charge in [-0.2, -0.15) is 0 Å². The average molecular weight is 213 g/mol. The van der Waals surface area contributed by atoms with E-state index in [1.54, 1.807) is 24.3 Å². The summed E-state index contributed by atoms with van der Waals surface area (Å²) in [7, 11) is 0. The third-order valence-corrected chi connectivity index (χ3v) is 2.79. The Morgan fingerprint density at radius 2 is 2.07 bits per heavy atom. The first-order chi connectivity index (χ1) is 6.67. The Hall–Kier alpha value is -0.890. The standard InChI is InChI=1S/C11H10ClFO/c12-7-8-3-1-2-4-9(8)10(14)11(13)5-6-11/h1-4H,5-7H2. The molecule has 3 heteroatoms. The minimum Gasteiger partial charge on any atom is -0.291 e. The molecule has 0 saturated heterocycles. The molecule has 1 nitrogen and oxygen atoms in total. The van der Waals surface area contributed by atoms with Crippen LogP contribution in [0.15, 0.2) is 24.3 Å². The molecule has 0 radical (unpaired) electrons. The molecule has 0 amide bonds. The zero-order chi connectivity index (χ0) is 10.2. The molecule has 0 unspecified atom stereocenters. The number of halogens is 2. The van der Waals surface area contributed by atoms with Gasteiger partial charge in [-0.25, -0.2) is 4.39 Å². The van der Waals surface area contributed by atoms with E-state index in [0.717, 1.165) is 0 Å². The average Bonchev–Trinajstić information content (AvgIpc) is 2.97. The molecule has 0 aromatic heterocycles. The number of rotatable bonds is 3. The SMILES string of the molecule is O=C(c1ccccc1CCl)C1(F)CC1. The van der Waals surface area contributed by atoms with E-state index in [4.69, 9.17) is 11.6 Å². The molecule has 1 aliphatic carbocycles. The lowest BCUT2D eigenvalue weighted by Gasteiger charge is -2.07. The van der Waals surface area contributed by atoms with Crippen molar-refractivity contribution in [2.24, 2.45) is 0 Å². The van der Waals surface area contributed by atoms with Crippen molar-refractivity contribution in [3.63, 3.8) is 0 Å². The summed E-state index contributed by atoms with van der Waals surface area (Å²) in [5.74, 6) is -0.161. The number of carbonyl (C=O) groups is 1. The number of alkyl halides is 2. The lowest BCUT2D eigenvalue weighted by atomic mass is 10.0. The molecule has 0 heterocycles. The molecule has 0 N–H and O–H groups in total. The molecule has 1 aliphatic rings. The van der Waals surface area contributed by atoms with Gasteiger partial charge < -0.3 is 0 Å². The zero-order valence-corrected chi connectivity index (χ0v) is 8.35. The quantitative estimate of drug-likeness (QED) is 0.556. The fraction of sp³-hybridized carbons (Fsp3) is 0.364. The lowest BCUT2D eigenvalue weighted by molar-refractivity contribution is 0.0850. The molecule has 0 atom stereocenters. The van der Waals surface area contributed by atoms with Crippen molar-refractivity contribution >= 4 is 17.4 Å². The highest BCUT2D eigenvalue weighted by Gasteiger charge is 2.51. The first-order valence-corrected chi connectivity index (χ1v) is 5.08. The van der Waals surface area contributed by atoms with Crippen LogP contribution in [0, 0.1) is 0 Å². The maximum atomic E-state index is 13.5. The number of hydrogen-bond donors (Lipinski definition) is 0. The number of hydrogen-bond acceptors (Lipinski definition) is 1. The summed E-state index contributed by atoms with van der Waals surface area (Å²) >= 11 is 5.67. The minimum absolute atomic E-state index is 0.248. The molecule has 2 rings (SSSR count). The van der Waals surface area contributed by atoms with Crippen molar-refractivity contribution in [3.8, 4) is 0 Å². The highest BCUT2D eigenvalue weighted by molar-refractivity contribution is 6.18. The van der Waals surface area contributed by atoms with Gasteiger partial charge >= 0.3 is 0 Å². The van der Waals surface area contributed by atoms with Gasteiger partial charge in [0, 0.05) is 11.4 Å². The van der Waals surface area contributed by atoms with E-state index in [2.05, 4.69) is 0 Å². The Morgan fingerprint density at radius 3 is 2.64 bits per heavy atom. The van der Waals surface area contributed by atoms with E-state index < -0.39 is 11.5 Å². The van der Waals surface area contributed by atoms with Gasteiger partial charge in [-0.3, -0.25) is 4.79 Å². The summed E-state index contributed by atoms with van der Waals surface area (Å²) < 4.78 is 13.5. The molecule has 1 fully saturated rings. The largest absolute Gasteiger partial charge is 0.291 e. The van der Waals surface area contributed by atoms with Gasteiger partial charge in [0.05, 0.1) is 0 Å². The molecule has 14 heavy (non-hydrogen) atoms. The van der Waals surface area contributed by atoms with E-state index in [-0.39, 0.29) is 5.88 Å². The molecule has 0 spiro atoms. The van der Waals surface area contributed by atoms with Crippen molar-refractivity contribution in [3.05, 3.63) is 35.4 Å². The summed E-state index contributed by atoms with van der Waals surface area (Å²) in [4.78, 5) is 11.7. The first kappa shape index (κ1) is 9.66. The summed E-state index contributed by atoms with van der Waals surface area (Å²) in [6, 6.07) is 6.92. The molecule has 1 aromatic rings. The van der Waals surface area contributed by atoms with Crippen LogP contribution in [0.4, 0.5) is 4.39 Å². The minimum atomic E-state index is -1.60. The van der Waals surface area contributed by atoms with E-state index in [0.29, 0.717) is 24.0 Å². The molecule has 74 valence electrons. The van der Waals surface area contributed by atoms with Crippen LogP contribution in [-0.2, 0) is 5.88 Å². The van der Waals surface area contributed by atoms with Gasteiger partial charge in [0.15, 0.2) is 11.5 Å². The lowest BCUT2D eigenvalue weighted by Crippen LogP contribution is -2.18. The second-order valence-corrected chi connectivity index (χ2v) is 3.85. The van der Waals surface area contributed by atoms with Crippen molar-refractivity contribution in [1.82, 2.24) is 0 Å². The number of carbonyl (C=O) groups excluding carboxylic acids is 1. The smallest absolute Gasteiger partial charge is 0.200 e. The second-order valence-electron chi connectivity index (χ2n) is 3.59. The van der Waals surface area contributed by atoms with Crippen molar-refractivity contribution in [2.75, 3.05) is 0 Å². The van der Waals surface area contributed by atoms with E-state index >= 15 is 0 Å². The Bertz CT molecular complexity index is 371. The van der Waals surface area contributed by atoms with E-state index in [1.807, 2.05) is 0 Å². The number of ketones is 1. The van der Waals surface area contributed by atoms with Crippen molar-refractivity contribution in [2.45, 2.75) is 24.4 Å². The Morgan fingerprint density at radius 1 is 1.43 bits per heavy atom. The summed E-state index contributed by atoms with van der Waals surface area (Å²) in [5, 5.41) is 0. The Kier molecular flexibility index (Phi) is 2.31. The highest BCUT2D eigenvalue weighted by Crippen LogP contribution is 2.43. The van der Waals surface area contributed by atoms with Crippen LogP contribution in [0.25, 0.3) is 0 Å². The van der Waals surface area contributed by atoms with Crippen LogP contribution in [-0.4, -0.2) is 11.5 Å². The zero-order valence-electron chi connectivity index (χ0n) is 7.59. The number of benzene rings is 1. The summed E-state index contributed by atoms with van der Waals surface area (Å²) in [6.07, 6.45) is 0.699. The summed E-state index contributed by atoms with van der Waals surface area (Å²) in [5.41, 5.74) is -0.451. The third-order valence-electron chi connectivity index (χ3n) is 2.50. The van der Waals surface area contributed by atoms with Crippen LogP contribution < -0.4 is 0 Å². The van der Waals surface area contributed by atoms with Gasteiger partial charge in [0.1, 0.15) is 0 Å². The molecular formula is C11H10ClFO. The van der Waals surface area contributed by atoms with Gasteiger partial charge in [-0.1, -0.05) is 24.3 Å². The molecule has 0 bridgehead atoms. The molecule has 0 aliphatic heterocycles. The monoisotopic (exact) mass is 212 g/mol. The third kappa shape index (κ3) is 1.55.